The summed E-state index contributed by atoms with van der Waals surface area (Å²) in [5.41, 5.74) is 6.73. The summed E-state index contributed by atoms with van der Waals surface area (Å²) < 4.78 is 0. The van der Waals surface area contributed by atoms with Crippen LogP contribution >= 0.6 is 0 Å². The second-order valence-corrected chi connectivity index (χ2v) is 8.39. The van der Waals surface area contributed by atoms with Crippen molar-refractivity contribution in [3.63, 3.8) is 0 Å². The number of nitrogens with two attached hydrogens (primary N) is 1. The Balaban J connectivity index is 2.26. The summed E-state index contributed by atoms with van der Waals surface area (Å²) in [4.78, 5) is 67.4. The minimum absolute atomic E-state index is 0.0253. The van der Waals surface area contributed by atoms with E-state index in [-0.39, 0.29) is 31.4 Å². The normalized spacial score (nSPS) is 13.9. The molecule has 15 nitrogen and oxygen atoms in total. The fourth-order valence-electron chi connectivity index (χ4n) is 3.32. The van der Waals surface area contributed by atoms with Gasteiger partial charge in [-0.25, -0.2) is 9.78 Å². The second kappa shape index (κ2) is 14.3. The van der Waals surface area contributed by atoms with Crippen LogP contribution in [0.3, 0.4) is 0 Å². The molecule has 206 valence electrons. The van der Waals surface area contributed by atoms with E-state index in [4.69, 9.17) is 15.9 Å². The molecular formula is C23H30N6O9. The van der Waals surface area contributed by atoms with Gasteiger partial charge < -0.3 is 47.1 Å². The van der Waals surface area contributed by atoms with Gasteiger partial charge in [-0.1, -0.05) is 12.1 Å². The van der Waals surface area contributed by atoms with Crippen molar-refractivity contribution in [3.05, 3.63) is 48.0 Å². The number of aromatic amines is 1. The molecular weight excluding hydrogens is 504 g/mol. The SMILES string of the molecule is NC(CCC(=O)O)C(=O)NC(Cc1ccc(O)cc1)C(=O)NC(Cc1cnc[nH]1)C(=O)NC(CO)C(=O)O. The van der Waals surface area contributed by atoms with Crippen LogP contribution in [0.1, 0.15) is 24.1 Å². The zero-order valence-electron chi connectivity index (χ0n) is 20.2. The van der Waals surface area contributed by atoms with Gasteiger partial charge in [0, 0.05) is 31.2 Å². The number of benzene rings is 1. The first-order valence-electron chi connectivity index (χ1n) is 11.5. The number of carboxylic acids is 2. The second-order valence-electron chi connectivity index (χ2n) is 8.39. The number of aliphatic carboxylic acids is 2. The summed E-state index contributed by atoms with van der Waals surface area (Å²) in [6.45, 7) is -0.889. The predicted octanol–water partition coefficient (Wildman–Crippen LogP) is -2.38. The number of aliphatic hydroxyl groups is 1. The van der Waals surface area contributed by atoms with Gasteiger partial charge in [0.05, 0.1) is 19.0 Å². The lowest BCUT2D eigenvalue weighted by Crippen LogP contribution is -2.58. The number of aromatic nitrogens is 2. The highest BCUT2D eigenvalue weighted by molar-refractivity contribution is 5.94. The number of rotatable bonds is 15. The number of carbonyl (C=O) groups is 5. The molecule has 1 heterocycles. The quantitative estimate of drug-likeness (QED) is 0.117. The van der Waals surface area contributed by atoms with Crippen molar-refractivity contribution >= 4 is 29.7 Å². The molecule has 0 aliphatic heterocycles. The van der Waals surface area contributed by atoms with Gasteiger partial charge in [-0.3, -0.25) is 19.2 Å². The predicted molar refractivity (Wildman–Crippen MR) is 129 cm³/mol. The number of carboxylic acid groups (broad SMARTS) is 2. The van der Waals surface area contributed by atoms with Crippen LogP contribution in [0.4, 0.5) is 0 Å². The molecule has 1 aromatic carbocycles. The third kappa shape index (κ3) is 9.51. The Hall–Kier alpha value is -4.50. The van der Waals surface area contributed by atoms with Crippen molar-refractivity contribution in [1.29, 1.82) is 0 Å². The number of carbonyl (C=O) groups excluding carboxylic acids is 3. The van der Waals surface area contributed by atoms with Gasteiger partial charge in [0.2, 0.25) is 17.7 Å². The number of H-pyrrole nitrogens is 1. The number of phenolic OH excluding ortho intramolecular Hbond substituents is 1. The monoisotopic (exact) mass is 534 g/mol. The molecule has 0 aliphatic carbocycles. The molecule has 0 radical (unpaired) electrons. The molecule has 1 aromatic heterocycles. The van der Waals surface area contributed by atoms with Crippen LogP contribution in [0.2, 0.25) is 0 Å². The van der Waals surface area contributed by atoms with Crippen LogP contribution < -0.4 is 21.7 Å². The summed E-state index contributed by atoms with van der Waals surface area (Å²) in [7, 11) is 0. The maximum Gasteiger partial charge on any atom is 0.328 e. The van der Waals surface area contributed by atoms with E-state index in [0.29, 0.717) is 11.3 Å². The standard InChI is InChI=1S/C23H30N6O9/c24-15(5-6-19(32)33)20(34)27-16(7-12-1-3-14(31)4-2-12)21(35)28-17(8-13-9-25-11-26-13)22(36)29-18(10-30)23(37)38/h1-4,9,11,15-18,30-31H,5-8,10,24H2,(H,25,26)(H,27,34)(H,28,35)(H,29,36)(H,32,33)(H,37,38). The van der Waals surface area contributed by atoms with Crippen LogP contribution in [0.25, 0.3) is 0 Å². The summed E-state index contributed by atoms with van der Waals surface area (Å²) >= 11 is 0. The third-order valence-electron chi connectivity index (χ3n) is 5.42. The first-order valence-corrected chi connectivity index (χ1v) is 11.5. The number of amides is 3. The van der Waals surface area contributed by atoms with Gasteiger partial charge in [0.1, 0.15) is 23.9 Å². The van der Waals surface area contributed by atoms with Crippen LogP contribution in [0.5, 0.6) is 5.75 Å². The highest BCUT2D eigenvalue weighted by Gasteiger charge is 2.31. The fraction of sp³-hybridized carbons (Fsp3) is 0.391. The lowest BCUT2D eigenvalue weighted by atomic mass is 10.0. The Bertz CT molecular complexity index is 1110. The Labute approximate surface area is 216 Å². The lowest BCUT2D eigenvalue weighted by molar-refractivity contribution is -0.143. The van der Waals surface area contributed by atoms with Gasteiger partial charge in [0.25, 0.3) is 0 Å². The molecule has 2 aromatic rings. The molecule has 38 heavy (non-hydrogen) atoms. The third-order valence-corrected chi connectivity index (χ3v) is 5.42. The van der Waals surface area contributed by atoms with E-state index in [2.05, 4.69) is 25.9 Å². The van der Waals surface area contributed by atoms with E-state index in [1.54, 1.807) is 0 Å². The number of hydrogen-bond donors (Lipinski definition) is 9. The molecule has 10 N–H and O–H groups in total. The number of phenols is 1. The molecule has 0 aliphatic rings. The van der Waals surface area contributed by atoms with Crippen LogP contribution in [-0.4, -0.2) is 90.8 Å². The van der Waals surface area contributed by atoms with Crippen molar-refractivity contribution in [2.75, 3.05) is 6.61 Å². The van der Waals surface area contributed by atoms with Gasteiger partial charge in [-0.05, 0) is 24.1 Å². The van der Waals surface area contributed by atoms with Crippen molar-refractivity contribution < 1.29 is 44.4 Å². The van der Waals surface area contributed by atoms with E-state index in [1.807, 2.05) is 0 Å². The molecule has 0 saturated heterocycles. The number of nitrogens with one attached hydrogen (secondary N) is 4. The Morgan fingerprint density at radius 3 is 2.00 bits per heavy atom. The van der Waals surface area contributed by atoms with Crippen molar-refractivity contribution in [2.45, 2.75) is 49.9 Å². The maximum atomic E-state index is 13.3. The first kappa shape index (κ1) is 29.7. The molecule has 0 saturated carbocycles. The lowest BCUT2D eigenvalue weighted by Gasteiger charge is -2.25. The molecule has 3 amide bonds. The van der Waals surface area contributed by atoms with Crippen LogP contribution in [0.15, 0.2) is 36.8 Å². The molecule has 4 unspecified atom stereocenters. The molecule has 0 spiro atoms. The summed E-state index contributed by atoms with van der Waals surface area (Å²) in [5.74, 6) is -5.20. The Morgan fingerprint density at radius 2 is 1.47 bits per heavy atom. The minimum atomic E-state index is -1.62. The van der Waals surface area contributed by atoms with Crippen molar-refractivity contribution in [2.24, 2.45) is 5.73 Å². The number of aromatic hydroxyl groups is 1. The van der Waals surface area contributed by atoms with Crippen molar-refractivity contribution in [1.82, 2.24) is 25.9 Å². The number of nitrogens with zero attached hydrogens (tertiary/aromatic N) is 1. The zero-order chi connectivity index (χ0) is 28.2. The van der Waals surface area contributed by atoms with Gasteiger partial charge in [0.15, 0.2) is 0 Å². The maximum absolute atomic E-state index is 13.3. The van der Waals surface area contributed by atoms with E-state index < -0.39 is 60.4 Å². The molecule has 2 rings (SSSR count). The Morgan fingerprint density at radius 1 is 0.895 bits per heavy atom. The summed E-state index contributed by atoms with van der Waals surface area (Å²) in [6.07, 6.45) is 1.96. The molecule has 0 fully saturated rings. The number of imidazole rings is 1. The van der Waals surface area contributed by atoms with Gasteiger partial charge >= 0.3 is 11.9 Å². The van der Waals surface area contributed by atoms with Crippen LogP contribution in [0, 0.1) is 0 Å². The largest absolute Gasteiger partial charge is 0.508 e. The van der Waals surface area contributed by atoms with Gasteiger partial charge in [-0.15, -0.1) is 0 Å². The first-order chi connectivity index (χ1) is 18.0. The van der Waals surface area contributed by atoms with Crippen LogP contribution in [-0.2, 0) is 36.8 Å². The molecule has 0 bridgehead atoms. The minimum Gasteiger partial charge on any atom is -0.508 e. The van der Waals surface area contributed by atoms with Crippen molar-refractivity contribution in [3.8, 4) is 5.75 Å². The summed E-state index contributed by atoms with van der Waals surface area (Å²) in [6, 6.07) is 0.304. The topological polar surface area (TPSA) is 257 Å². The highest BCUT2D eigenvalue weighted by Crippen LogP contribution is 2.12. The van der Waals surface area contributed by atoms with E-state index in [1.165, 1.54) is 36.8 Å². The number of aliphatic hydroxyl groups excluding tert-OH is 1. The van der Waals surface area contributed by atoms with Gasteiger partial charge in [-0.2, -0.15) is 0 Å². The average molecular weight is 535 g/mol. The summed E-state index contributed by atoms with van der Waals surface area (Å²) in [5, 5.41) is 43.8. The van der Waals surface area contributed by atoms with E-state index >= 15 is 0 Å². The Kier molecular flexibility index (Phi) is 11.2. The smallest absolute Gasteiger partial charge is 0.328 e. The molecule has 15 heteroatoms. The molecule has 4 atom stereocenters. The average Bonchev–Trinajstić information content (AvgIpc) is 3.38. The zero-order valence-corrected chi connectivity index (χ0v) is 20.2. The fourth-order valence-corrected chi connectivity index (χ4v) is 3.32. The number of hydrogen-bond acceptors (Lipinski definition) is 9. The van der Waals surface area contributed by atoms with E-state index in [0.717, 1.165) is 0 Å². The highest BCUT2D eigenvalue weighted by atomic mass is 16.4. The van der Waals surface area contributed by atoms with E-state index in [9.17, 15) is 34.2 Å².